The zero-order valence-electron chi connectivity index (χ0n) is 21.5. The number of piperidine rings is 1. The highest BCUT2D eigenvalue weighted by Gasteiger charge is 2.30. The van der Waals surface area contributed by atoms with Gasteiger partial charge in [-0.25, -0.2) is 4.79 Å². The Labute approximate surface area is 198 Å². The summed E-state index contributed by atoms with van der Waals surface area (Å²) >= 11 is 0. The molecular formula is C27H41N3O3. The maximum atomic E-state index is 13.2. The van der Waals surface area contributed by atoms with Gasteiger partial charge in [0.2, 0.25) is 0 Å². The number of benzene rings is 1. The van der Waals surface area contributed by atoms with Crippen molar-refractivity contribution >= 4 is 22.9 Å². The van der Waals surface area contributed by atoms with Crippen molar-refractivity contribution in [3.63, 3.8) is 0 Å². The predicted octanol–water partition coefficient (Wildman–Crippen LogP) is 5.85. The average molecular weight is 456 g/mol. The molecule has 2 aromatic rings. The molecule has 0 radical (unpaired) electrons. The Morgan fingerprint density at radius 3 is 2.33 bits per heavy atom. The second kappa shape index (κ2) is 10.2. The van der Waals surface area contributed by atoms with Crippen molar-refractivity contribution in [2.75, 3.05) is 19.6 Å². The van der Waals surface area contributed by atoms with Crippen molar-refractivity contribution in [1.82, 2.24) is 14.4 Å². The summed E-state index contributed by atoms with van der Waals surface area (Å²) in [5.41, 5.74) is 3.79. The van der Waals surface area contributed by atoms with E-state index < -0.39 is 5.60 Å². The normalized spacial score (nSPS) is 16.8. The fourth-order valence-corrected chi connectivity index (χ4v) is 4.82. The molecule has 1 aromatic carbocycles. The molecule has 6 heteroatoms. The van der Waals surface area contributed by atoms with Crippen LogP contribution in [0, 0.1) is 5.92 Å². The maximum absolute atomic E-state index is 13.2. The minimum Gasteiger partial charge on any atom is -0.444 e. The standard InChI is InChI=1S/C25H35N3O3.C2H6/c1-6-28-21-8-7-18(23(29)26-12-9-17(2)10-13-26)15-19(21)20-16-27(14-11-22(20)28)24(30)31-25(3,4)5;1-2/h7-8,15,17H,6,9-14,16H2,1-5H3;1-2H3. The fourth-order valence-electron chi connectivity index (χ4n) is 4.82. The molecule has 0 spiro atoms. The minimum absolute atomic E-state index is 0.117. The molecule has 33 heavy (non-hydrogen) atoms. The van der Waals surface area contributed by atoms with E-state index in [9.17, 15) is 9.59 Å². The lowest BCUT2D eigenvalue weighted by Crippen LogP contribution is -2.40. The first-order valence-corrected chi connectivity index (χ1v) is 12.6. The number of carbonyl (C=O) groups excluding carboxylic acids is 2. The summed E-state index contributed by atoms with van der Waals surface area (Å²) in [7, 11) is 0. The van der Waals surface area contributed by atoms with Crippen LogP contribution in [0.4, 0.5) is 4.79 Å². The third kappa shape index (κ3) is 5.36. The monoisotopic (exact) mass is 455 g/mol. The Balaban J connectivity index is 0.00000149. The van der Waals surface area contributed by atoms with Crippen LogP contribution in [0.3, 0.4) is 0 Å². The first kappa shape index (κ1) is 25.1. The van der Waals surface area contributed by atoms with E-state index in [2.05, 4.69) is 24.5 Å². The highest BCUT2D eigenvalue weighted by molar-refractivity contribution is 5.99. The van der Waals surface area contributed by atoms with Gasteiger partial charge in [0.05, 0.1) is 6.54 Å². The van der Waals surface area contributed by atoms with Crippen molar-refractivity contribution in [1.29, 1.82) is 0 Å². The van der Waals surface area contributed by atoms with Gasteiger partial charge < -0.3 is 19.1 Å². The van der Waals surface area contributed by atoms with Gasteiger partial charge in [0.25, 0.3) is 5.91 Å². The topological polar surface area (TPSA) is 54.8 Å². The fraction of sp³-hybridized carbons (Fsp3) is 0.630. The number of nitrogens with zero attached hydrogens (tertiary/aromatic N) is 3. The SMILES string of the molecule is CC.CCn1c2c(c3cc(C(=O)N4CCC(C)CC4)ccc31)CN(C(=O)OC(C)(C)C)CC2. The molecule has 0 N–H and O–H groups in total. The number of ether oxygens (including phenoxy) is 1. The number of carbonyl (C=O) groups is 2. The second-order valence-corrected chi connectivity index (χ2v) is 10.0. The van der Waals surface area contributed by atoms with Crippen LogP contribution < -0.4 is 0 Å². The number of fused-ring (bicyclic) bond motifs is 3. The van der Waals surface area contributed by atoms with Crippen LogP contribution in [0.25, 0.3) is 10.9 Å². The third-order valence-electron chi connectivity index (χ3n) is 6.54. The summed E-state index contributed by atoms with van der Waals surface area (Å²) in [5, 5.41) is 1.08. The van der Waals surface area contributed by atoms with E-state index in [0.717, 1.165) is 60.9 Å². The largest absolute Gasteiger partial charge is 0.444 e. The molecule has 0 atom stereocenters. The molecule has 1 fully saturated rings. The molecule has 2 aliphatic heterocycles. The predicted molar refractivity (Wildman–Crippen MR) is 134 cm³/mol. The Morgan fingerprint density at radius 2 is 1.73 bits per heavy atom. The van der Waals surface area contributed by atoms with E-state index in [1.807, 2.05) is 51.7 Å². The maximum Gasteiger partial charge on any atom is 0.410 e. The lowest BCUT2D eigenvalue weighted by Gasteiger charge is -2.31. The van der Waals surface area contributed by atoms with E-state index in [-0.39, 0.29) is 12.0 Å². The molecule has 0 saturated carbocycles. The summed E-state index contributed by atoms with van der Waals surface area (Å²) in [6.07, 6.45) is 2.66. The summed E-state index contributed by atoms with van der Waals surface area (Å²) in [6.45, 7) is 17.8. The molecule has 3 heterocycles. The molecule has 2 amide bonds. The van der Waals surface area contributed by atoms with Gasteiger partial charge in [0.1, 0.15) is 5.60 Å². The van der Waals surface area contributed by atoms with E-state index in [0.29, 0.717) is 19.0 Å². The van der Waals surface area contributed by atoms with Crippen molar-refractivity contribution < 1.29 is 14.3 Å². The quantitative estimate of drug-likeness (QED) is 0.570. The van der Waals surface area contributed by atoms with Gasteiger partial charge in [-0.2, -0.15) is 0 Å². The van der Waals surface area contributed by atoms with Crippen LogP contribution in [0.15, 0.2) is 18.2 Å². The van der Waals surface area contributed by atoms with E-state index >= 15 is 0 Å². The molecule has 0 bridgehead atoms. The third-order valence-corrected chi connectivity index (χ3v) is 6.54. The van der Waals surface area contributed by atoms with Crippen LogP contribution in [-0.2, 0) is 24.2 Å². The molecule has 4 rings (SSSR count). The molecule has 0 unspecified atom stereocenters. The van der Waals surface area contributed by atoms with Crippen molar-refractivity contribution in [3.8, 4) is 0 Å². The zero-order chi connectivity index (χ0) is 24.3. The molecule has 2 aliphatic rings. The van der Waals surface area contributed by atoms with E-state index in [4.69, 9.17) is 4.74 Å². The molecule has 182 valence electrons. The molecule has 1 aromatic heterocycles. The first-order chi connectivity index (χ1) is 15.7. The van der Waals surface area contributed by atoms with Gasteiger partial charge in [-0.3, -0.25) is 4.79 Å². The number of aromatic nitrogens is 1. The second-order valence-electron chi connectivity index (χ2n) is 10.0. The van der Waals surface area contributed by atoms with Gasteiger partial charge in [-0.15, -0.1) is 0 Å². The Morgan fingerprint density at radius 1 is 1.06 bits per heavy atom. The van der Waals surface area contributed by atoms with Gasteiger partial charge in [-0.1, -0.05) is 20.8 Å². The van der Waals surface area contributed by atoms with Crippen molar-refractivity contribution in [2.24, 2.45) is 5.92 Å². The highest BCUT2D eigenvalue weighted by Crippen LogP contribution is 2.33. The van der Waals surface area contributed by atoms with Crippen LogP contribution in [-0.4, -0.2) is 51.6 Å². The van der Waals surface area contributed by atoms with Crippen LogP contribution >= 0.6 is 0 Å². The smallest absolute Gasteiger partial charge is 0.410 e. The number of hydrogen-bond donors (Lipinski definition) is 0. The number of likely N-dealkylation sites (tertiary alicyclic amines) is 1. The summed E-state index contributed by atoms with van der Waals surface area (Å²) in [6, 6.07) is 6.08. The number of hydrogen-bond acceptors (Lipinski definition) is 3. The summed E-state index contributed by atoms with van der Waals surface area (Å²) < 4.78 is 7.93. The van der Waals surface area contributed by atoms with Gasteiger partial charge in [0.15, 0.2) is 0 Å². The minimum atomic E-state index is -0.514. The summed E-state index contributed by atoms with van der Waals surface area (Å²) in [5.74, 6) is 0.808. The van der Waals surface area contributed by atoms with Crippen LogP contribution in [0.2, 0.25) is 0 Å². The van der Waals surface area contributed by atoms with E-state index in [1.165, 1.54) is 5.69 Å². The molecule has 0 aliphatic carbocycles. The van der Waals surface area contributed by atoms with Crippen molar-refractivity contribution in [2.45, 2.75) is 86.4 Å². The van der Waals surface area contributed by atoms with E-state index in [1.54, 1.807) is 4.90 Å². The number of rotatable bonds is 2. The summed E-state index contributed by atoms with van der Waals surface area (Å²) in [4.78, 5) is 29.6. The molecular weight excluding hydrogens is 414 g/mol. The lowest BCUT2D eigenvalue weighted by atomic mass is 9.98. The lowest BCUT2D eigenvalue weighted by molar-refractivity contribution is 0.0223. The van der Waals surface area contributed by atoms with Crippen LogP contribution in [0.1, 0.15) is 82.9 Å². The number of amides is 2. The Hall–Kier alpha value is -2.50. The first-order valence-electron chi connectivity index (χ1n) is 12.6. The molecule has 6 nitrogen and oxygen atoms in total. The molecule has 1 saturated heterocycles. The average Bonchev–Trinajstić information content (AvgIpc) is 3.11. The number of aryl methyl sites for hydroxylation is 1. The Bertz CT molecular complexity index is 994. The van der Waals surface area contributed by atoms with Crippen molar-refractivity contribution in [3.05, 3.63) is 35.0 Å². The Kier molecular flexibility index (Phi) is 7.76. The van der Waals surface area contributed by atoms with Gasteiger partial charge in [0, 0.05) is 60.3 Å². The zero-order valence-corrected chi connectivity index (χ0v) is 21.5. The van der Waals surface area contributed by atoms with Gasteiger partial charge in [-0.05, 0) is 64.7 Å². The van der Waals surface area contributed by atoms with Gasteiger partial charge >= 0.3 is 6.09 Å². The highest BCUT2D eigenvalue weighted by atomic mass is 16.6. The van der Waals surface area contributed by atoms with Crippen LogP contribution in [0.5, 0.6) is 0 Å².